The smallest absolute Gasteiger partial charge is 0.0557 e. The van der Waals surface area contributed by atoms with Crippen molar-refractivity contribution in [3.63, 3.8) is 0 Å². The molecule has 2 unspecified atom stereocenters. The number of hydrogen-bond donors (Lipinski definition) is 2. The van der Waals surface area contributed by atoms with Gasteiger partial charge in [0.25, 0.3) is 0 Å². The molecule has 1 aliphatic heterocycles. The number of nitrogens with one attached hydrogen (secondary N) is 1. The van der Waals surface area contributed by atoms with Crippen LogP contribution in [0.4, 0.5) is 5.69 Å². The largest absolute Gasteiger partial charge is 0.393 e. The highest BCUT2D eigenvalue weighted by Gasteiger charge is 2.26. The van der Waals surface area contributed by atoms with E-state index in [-0.39, 0.29) is 6.10 Å². The van der Waals surface area contributed by atoms with Crippen LogP contribution in [0.25, 0.3) is 0 Å². The fourth-order valence-corrected chi connectivity index (χ4v) is 2.77. The summed E-state index contributed by atoms with van der Waals surface area (Å²) in [6.45, 7) is 8.11. The third kappa shape index (κ3) is 3.71. The molecule has 2 rings (SSSR count). The van der Waals surface area contributed by atoms with E-state index in [9.17, 15) is 5.11 Å². The van der Waals surface area contributed by atoms with Crippen LogP contribution in [0.2, 0.25) is 0 Å². The summed E-state index contributed by atoms with van der Waals surface area (Å²) in [5.74, 6) is 0.414. The standard InChI is InChI=1S/C16H26N2O/c1-3-9-17-11-14-6-4-5-7-16(14)18-10-8-15(12-18)13(2)19/h4-7,13,15,17,19H,3,8-12H2,1-2H3. The fourth-order valence-electron chi connectivity index (χ4n) is 2.77. The fraction of sp³-hybridized carbons (Fsp3) is 0.625. The number of benzene rings is 1. The quantitative estimate of drug-likeness (QED) is 0.773. The van der Waals surface area contributed by atoms with E-state index < -0.39 is 0 Å². The van der Waals surface area contributed by atoms with Gasteiger partial charge in [0.15, 0.2) is 0 Å². The molecule has 0 saturated carbocycles. The lowest BCUT2D eigenvalue weighted by Crippen LogP contribution is -2.25. The number of para-hydroxylation sites is 1. The molecular weight excluding hydrogens is 236 g/mol. The highest BCUT2D eigenvalue weighted by molar-refractivity contribution is 5.54. The molecule has 3 nitrogen and oxygen atoms in total. The predicted molar refractivity (Wildman–Crippen MR) is 80.4 cm³/mol. The van der Waals surface area contributed by atoms with Crippen molar-refractivity contribution in [1.82, 2.24) is 5.32 Å². The summed E-state index contributed by atoms with van der Waals surface area (Å²) in [5, 5.41) is 13.2. The van der Waals surface area contributed by atoms with Crippen LogP contribution >= 0.6 is 0 Å². The Bertz CT molecular complexity index is 392. The van der Waals surface area contributed by atoms with E-state index in [2.05, 4.69) is 41.4 Å². The maximum Gasteiger partial charge on any atom is 0.0557 e. The molecule has 0 radical (unpaired) electrons. The van der Waals surface area contributed by atoms with Crippen LogP contribution in [-0.4, -0.2) is 30.8 Å². The molecule has 0 aliphatic carbocycles. The van der Waals surface area contributed by atoms with E-state index in [1.54, 1.807) is 0 Å². The Morgan fingerprint density at radius 2 is 2.21 bits per heavy atom. The average molecular weight is 262 g/mol. The Labute approximate surface area is 116 Å². The molecule has 0 aromatic heterocycles. The Balaban J connectivity index is 2.03. The number of nitrogens with zero attached hydrogens (tertiary/aromatic N) is 1. The van der Waals surface area contributed by atoms with Gasteiger partial charge in [-0.15, -0.1) is 0 Å². The third-order valence-electron chi connectivity index (χ3n) is 3.98. The maximum absolute atomic E-state index is 9.72. The molecule has 3 heteroatoms. The van der Waals surface area contributed by atoms with Crippen LogP contribution in [0.15, 0.2) is 24.3 Å². The predicted octanol–water partition coefficient (Wildman–Crippen LogP) is 2.39. The number of hydrogen-bond acceptors (Lipinski definition) is 3. The lowest BCUT2D eigenvalue weighted by molar-refractivity contribution is 0.136. The molecular formula is C16H26N2O. The third-order valence-corrected chi connectivity index (χ3v) is 3.98. The van der Waals surface area contributed by atoms with Gasteiger partial charge in [-0.3, -0.25) is 0 Å². The zero-order chi connectivity index (χ0) is 13.7. The molecule has 1 aliphatic rings. The second-order valence-electron chi connectivity index (χ2n) is 5.54. The molecule has 1 aromatic rings. The number of aliphatic hydroxyl groups is 1. The van der Waals surface area contributed by atoms with Gasteiger partial charge in [-0.2, -0.15) is 0 Å². The molecule has 19 heavy (non-hydrogen) atoms. The zero-order valence-corrected chi connectivity index (χ0v) is 12.1. The van der Waals surface area contributed by atoms with Gasteiger partial charge in [0.05, 0.1) is 6.10 Å². The zero-order valence-electron chi connectivity index (χ0n) is 12.1. The van der Waals surface area contributed by atoms with E-state index in [0.717, 1.165) is 39.0 Å². The van der Waals surface area contributed by atoms with Crippen molar-refractivity contribution < 1.29 is 5.11 Å². The molecule has 2 N–H and O–H groups in total. The van der Waals surface area contributed by atoms with E-state index in [4.69, 9.17) is 0 Å². The minimum atomic E-state index is -0.199. The van der Waals surface area contributed by atoms with E-state index in [1.165, 1.54) is 11.3 Å². The summed E-state index contributed by atoms with van der Waals surface area (Å²) in [7, 11) is 0. The molecule has 0 bridgehead atoms. The minimum absolute atomic E-state index is 0.199. The molecule has 1 fully saturated rings. The van der Waals surface area contributed by atoms with Gasteiger partial charge in [-0.1, -0.05) is 25.1 Å². The van der Waals surface area contributed by atoms with E-state index in [1.807, 2.05) is 6.92 Å². The Kier molecular flexibility index (Phi) is 5.23. The summed E-state index contributed by atoms with van der Waals surface area (Å²) < 4.78 is 0. The molecule has 0 amide bonds. The normalized spacial score (nSPS) is 20.8. The van der Waals surface area contributed by atoms with Crippen molar-refractivity contribution in [2.75, 3.05) is 24.5 Å². The summed E-state index contributed by atoms with van der Waals surface area (Å²) in [5.41, 5.74) is 2.69. The van der Waals surface area contributed by atoms with E-state index >= 15 is 0 Å². The van der Waals surface area contributed by atoms with Crippen LogP contribution in [0, 0.1) is 5.92 Å². The van der Waals surface area contributed by atoms with Gasteiger partial charge >= 0.3 is 0 Å². The summed E-state index contributed by atoms with van der Waals surface area (Å²) in [6.07, 6.45) is 2.06. The minimum Gasteiger partial charge on any atom is -0.393 e. The van der Waals surface area contributed by atoms with Crippen molar-refractivity contribution in [1.29, 1.82) is 0 Å². The van der Waals surface area contributed by atoms with Gasteiger partial charge in [-0.25, -0.2) is 0 Å². The first-order valence-corrected chi connectivity index (χ1v) is 7.44. The van der Waals surface area contributed by atoms with Crippen LogP contribution < -0.4 is 10.2 Å². The van der Waals surface area contributed by atoms with Crippen LogP contribution in [0.5, 0.6) is 0 Å². The monoisotopic (exact) mass is 262 g/mol. The average Bonchev–Trinajstić information content (AvgIpc) is 2.89. The van der Waals surface area contributed by atoms with Crippen molar-refractivity contribution in [3.8, 4) is 0 Å². The highest BCUT2D eigenvalue weighted by atomic mass is 16.3. The first kappa shape index (κ1) is 14.4. The second-order valence-corrected chi connectivity index (χ2v) is 5.54. The summed E-state index contributed by atoms with van der Waals surface area (Å²) in [4.78, 5) is 2.42. The van der Waals surface area contributed by atoms with Crippen molar-refractivity contribution in [2.24, 2.45) is 5.92 Å². The van der Waals surface area contributed by atoms with Gasteiger partial charge in [0.2, 0.25) is 0 Å². The molecule has 1 aromatic carbocycles. The number of anilines is 1. The highest BCUT2D eigenvalue weighted by Crippen LogP contribution is 2.28. The number of rotatable bonds is 6. The molecule has 2 atom stereocenters. The maximum atomic E-state index is 9.72. The summed E-state index contributed by atoms with van der Waals surface area (Å²) >= 11 is 0. The molecule has 1 saturated heterocycles. The first-order chi connectivity index (χ1) is 9.22. The topological polar surface area (TPSA) is 35.5 Å². The van der Waals surface area contributed by atoms with Gasteiger partial charge in [0, 0.05) is 31.2 Å². The van der Waals surface area contributed by atoms with Crippen LogP contribution in [0.1, 0.15) is 32.3 Å². The van der Waals surface area contributed by atoms with Crippen molar-refractivity contribution >= 4 is 5.69 Å². The van der Waals surface area contributed by atoms with Crippen LogP contribution in [0.3, 0.4) is 0 Å². The molecule has 1 heterocycles. The van der Waals surface area contributed by atoms with Crippen LogP contribution in [-0.2, 0) is 6.54 Å². The van der Waals surface area contributed by atoms with Gasteiger partial charge < -0.3 is 15.3 Å². The lowest BCUT2D eigenvalue weighted by Gasteiger charge is -2.23. The molecule has 0 spiro atoms. The first-order valence-electron chi connectivity index (χ1n) is 7.44. The Morgan fingerprint density at radius 1 is 1.42 bits per heavy atom. The number of aliphatic hydroxyl groups excluding tert-OH is 1. The van der Waals surface area contributed by atoms with Crippen molar-refractivity contribution in [2.45, 2.75) is 39.3 Å². The van der Waals surface area contributed by atoms with Gasteiger partial charge in [-0.05, 0) is 37.9 Å². The Morgan fingerprint density at radius 3 is 2.89 bits per heavy atom. The molecule has 106 valence electrons. The Hall–Kier alpha value is -1.06. The van der Waals surface area contributed by atoms with Gasteiger partial charge in [0.1, 0.15) is 0 Å². The SMILES string of the molecule is CCCNCc1ccccc1N1CCC(C(C)O)C1. The van der Waals surface area contributed by atoms with E-state index in [0.29, 0.717) is 5.92 Å². The van der Waals surface area contributed by atoms with Crippen molar-refractivity contribution in [3.05, 3.63) is 29.8 Å². The summed E-state index contributed by atoms with van der Waals surface area (Å²) in [6, 6.07) is 8.62. The lowest BCUT2D eigenvalue weighted by atomic mass is 10.0. The second kappa shape index (κ2) is 6.92.